The molecule has 2 N–H and O–H groups in total. The summed E-state index contributed by atoms with van der Waals surface area (Å²) in [5.74, 6) is 0. The van der Waals surface area contributed by atoms with Crippen molar-refractivity contribution in [3.8, 4) is 0 Å². The fourth-order valence-electron chi connectivity index (χ4n) is 1.95. The number of rotatable bonds is 6. The standard InChI is InChI=1S/C16H18ClNO.ClH/c17-15-8-4-7-14(11-15)16(19)12-18-10-9-13-5-2-1-3-6-13;/h1-8,11,16,18-19H,9-10,12H2;1H. The molecule has 20 heavy (non-hydrogen) atoms. The molecule has 0 aliphatic rings. The highest BCUT2D eigenvalue weighted by molar-refractivity contribution is 6.30. The fourth-order valence-corrected chi connectivity index (χ4v) is 2.15. The van der Waals surface area contributed by atoms with Crippen LogP contribution in [0.4, 0.5) is 0 Å². The van der Waals surface area contributed by atoms with Crippen LogP contribution < -0.4 is 5.32 Å². The molecule has 2 nitrogen and oxygen atoms in total. The summed E-state index contributed by atoms with van der Waals surface area (Å²) in [6, 6.07) is 17.6. The predicted molar refractivity (Wildman–Crippen MR) is 86.7 cm³/mol. The molecule has 0 fully saturated rings. The highest BCUT2D eigenvalue weighted by Gasteiger charge is 2.06. The van der Waals surface area contributed by atoms with E-state index in [1.165, 1.54) is 5.56 Å². The molecule has 0 radical (unpaired) electrons. The first-order chi connectivity index (χ1) is 9.25. The zero-order chi connectivity index (χ0) is 13.5. The molecule has 0 spiro atoms. The van der Waals surface area contributed by atoms with Gasteiger partial charge in [-0.3, -0.25) is 0 Å². The van der Waals surface area contributed by atoms with Crippen molar-refractivity contribution in [2.45, 2.75) is 12.5 Å². The Balaban J connectivity index is 0.00000200. The Hall–Kier alpha value is -1.06. The minimum absolute atomic E-state index is 0. The van der Waals surface area contributed by atoms with Gasteiger partial charge in [-0.2, -0.15) is 0 Å². The van der Waals surface area contributed by atoms with E-state index in [1.54, 1.807) is 12.1 Å². The molecule has 108 valence electrons. The van der Waals surface area contributed by atoms with E-state index in [0.29, 0.717) is 11.6 Å². The summed E-state index contributed by atoms with van der Waals surface area (Å²) in [7, 11) is 0. The molecule has 1 unspecified atom stereocenters. The van der Waals surface area contributed by atoms with Gasteiger partial charge < -0.3 is 10.4 Å². The van der Waals surface area contributed by atoms with Crippen molar-refractivity contribution >= 4 is 24.0 Å². The molecule has 2 aromatic carbocycles. The maximum Gasteiger partial charge on any atom is 0.0914 e. The first-order valence-electron chi connectivity index (χ1n) is 6.44. The average Bonchev–Trinajstić information content (AvgIpc) is 2.44. The van der Waals surface area contributed by atoms with Crippen LogP contribution in [-0.2, 0) is 6.42 Å². The van der Waals surface area contributed by atoms with Gasteiger partial charge in [-0.25, -0.2) is 0 Å². The summed E-state index contributed by atoms with van der Waals surface area (Å²) in [6.45, 7) is 1.38. The molecule has 2 rings (SSSR count). The Morgan fingerprint density at radius 3 is 2.50 bits per heavy atom. The maximum absolute atomic E-state index is 10.0. The number of hydrogen-bond acceptors (Lipinski definition) is 2. The lowest BCUT2D eigenvalue weighted by atomic mass is 10.1. The Bertz CT molecular complexity index is 505. The number of halogens is 2. The summed E-state index contributed by atoms with van der Waals surface area (Å²) in [5.41, 5.74) is 2.15. The van der Waals surface area contributed by atoms with E-state index in [1.807, 2.05) is 30.3 Å². The monoisotopic (exact) mass is 311 g/mol. The summed E-state index contributed by atoms with van der Waals surface area (Å²) in [6.07, 6.45) is 0.442. The number of aliphatic hydroxyl groups is 1. The van der Waals surface area contributed by atoms with Crippen molar-refractivity contribution in [3.63, 3.8) is 0 Å². The van der Waals surface area contributed by atoms with Crippen molar-refractivity contribution in [3.05, 3.63) is 70.7 Å². The summed E-state index contributed by atoms with van der Waals surface area (Å²) < 4.78 is 0. The largest absolute Gasteiger partial charge is 0.387 e. The van der Waals surface area contributed by atoms with Crippen molar-refractivity contribution in [1.82, 2.24) is 5.32 Å². The van der Waals surface area contributed by atoms with Crippen LogP contribution in [0.5, 0.6) is 0 Å². The molecule has 0 aliphatic heterocycles. The molecule has 0 aromatic heterocycles. The Labute approximate surface area is 131 Å². The maximum atomic E-state index is 10.0. The van der Waals surface area contributed by atoms with E-state index in [9.17, 15) is 5.11 Å². The third-order valence-electron chi connectivity index (χ3n) is 3.00. The van der Waals surface area contributed by atoms with Gasteiger partial charge in [-0.15, -0.1) is 12.4 Å². The lowest BCUT2D eigenvalue weighted by Gasteiger charge is -2.12. The third kappa shape index (κ3) is 5.51. The first-order valence-corrected chi connectivity index (χ1v) is 6.81. The number of hydrogen-bond donors (Lipinski definition) is 2. The van der Waals surface area contributed by atoms with Gasteiger partial charge in [-0.1, -0.05) is 54.1 Å². The molecule has 2 aromatic rings. The SMILES string of the molecule is Cl.OC(CNCCc1ccccc1)c1cccc(Cl)c1. The van der Waals surface area contributed by atoms with E-state index in [-0.39, 0.29) is 12.4 Å². The second kappa shape index (κ2) is 8.98. The van der Waals surface area contributed by atoms with Crippen LogP contribution in [0.2, 0.25) is 5.02 Å². The zero-order valence-electron chi connectivity index (χ0n) is 11.1. The van der Waals surface area contributed by atoms with Gasteiger partial charge in [-0.05, 0) is 36.2 Å². The highest BCUT2D eigenvalue weighted by atomic mass is 35.5. The van der Waals surface area contributed by atoms with E-state index in [4.69, 9.17) is 11.6 Å². The van der Waals surface area contributed by atoms with Gasteiger partial charge in [0.25, 0.3) is 0 Å². The quantitative estimate of drug-likeness (QED) is 0.798. The van der Waals surface area contributed by atoms with E-state index in [0.717, 1.165) is 18.5 Å². The van der Waals surface area contributed by atoms with Crippen LogP contribution in [0.25, 0.3) is 0 Å². The third-order valence-corrected chi connectivity index (χ3v) is 3.24. The summed E-state index contributed by atoms with van der Waals surface area (Å²) >= 11 is 5.90. The van der Waals surface area contributed by atoms with Crippen LogP contribution in [-0.4, -0.2) is 18.2 Å². The highest BCUT2D eigenvalue weighted by Crippen LogP contribution is 2.16. The van der Waals surface area contributed by atoms with Gasteiger partial charge in [0.05, 0.1) is 6.10 Å². The number of nitrogens with one attached hydrogen (secondary N) is 1. The molecule has 1 atom stereocenters. The van der Waals surface area contributed by atoms with Crippen LogP contribution >= 0.6 is 24.0 Å². The Morgan fingerprint density at radius 1 is 1.05 bits per heavy atom. The first kappa shape index (κ1) is 17.0. The fraction of sp³-hybridized carbons (Fsp3) is 0.250. The van der Waals surface area contributed by atoms with Crippen LogP contribution in [0.3, 0.4) is 0 Å². The number of benzene rings is 2. The van der Waals surface area contributed by atoms with Crippen molar-refractivity contribution in [1.29, 1.82) is 0 Å². The van der Waals surface area contributed by atoms with Gasteiger partial charge in [0, 0.05) is 11.6 Å². The van der Waals surface area contributed by atoms with Gasteiger partial charge in [0.1, 0.15) is 0 Å². The van der Waals surface area contributed by atoms with Crippen LogP contribution in [0.1, 0.15) is 17.2 Å². The molecule has 0 amide bonds. The lowest BCUT2D eigenvalue weighted by molar-refractivity contribution is 0.175. The molecule has 0 aliphatic carbocycles. The molecule has 0 heterocycles. The average molecular weight is 312 g/mol. The molecular weight excluding hydrogens is 293 g/mol. The second-order valence-corrected chi connectivity index (χ2v) is 4.95. The molecule has 0 saturated carbocycles. The van der Waals surface area contributed by atoms with Gasteiger partial charge >= 0.3 is 0 Å². The van der Waals surface area contributed by atoms with E-state index >= 15 is 0 Å². The summed E-state index contributed by atoms with van der Waals surface area (Å²) in [4.78, 5) is 0. The van der Waals surface area contributed by atoms with E-state index < -0.39 is 6.10 Å². The minimum atomic E-state index is -0.519. The minimum Gasteiger partial charge on any atom is -0.387 e. The topological polar surface area (TPSA) is 32.3 Å². The number of aliphatic hydroxyl groups excluding tert-OH is 1. The molecular formula is C16H19Cl2NO. The molecule has 4 heteroatoms. The van der Waals surface area contributed by atoms with Crippen LogP contribution in [0.15, 0.2) is 54.6 Å². The predicted octanol–water partition coefficient (Wildman–Crippen LogP) is 3.63. The zero-order valence-corrected chi connectivity index (χ0v) is 12.7. The molecule has 0 bridgehead atoms. The van der Waals surface area contributed by atoms with Gasteiger partial charge in [0.2, 0.25) is 0 Å². The Kier molecular flexibility index (Phi) is 7.63. The normalized spacial score (nSPS) is 11.7. The van der Waals surface area contributed by atoms with Crippen molar-refractivity contribution in [2.75, 3.05) is 13.1 Å². The Morgan fingerprint density at radius 2 is 1.80 bits per heavy atom. The van der Waals surface area contributed by atoms with Crippen molar-refractivity contribution in [2.24, 2.45) is 0 Å². The smallest absolute Gasteiger partial charge is 0.0914 e. The summed E-state index contributed by atoms with van der Waals surface area (Å²) in [5, 5.41) is 13.9. The second-order valence-electron chi connectivity index (χ2n) is 4.51. The van der Waals surface area contributed by atoms with Crippen LogP contribution in [0, 0.1) is 0 Å². The van der Waals surface area contributed by atoms with Gasteiger partial charge in [0.15, 0.2) is 0 Å². The molecule has 0 saturated heterocycles. The lowest BCUT2D eigenvalue weighted by Crippen LogP contribution is -2.23. The van der Waals surface area contributed by atoms with E-state index in [2.05, 4.69) is 17.4 Å². The van der Waals surface area contributed by atoms with Crippen molar-refractivity contribution < 1.29 is 5.11 Å².